The van der Waals surface area contributed by atoms with Gasteiger partial charge in [-0.25, -0.2) is 4.79 Å². The lowest BCUT2D eigenvalue weighted by Crippen LogP contribution is -2.40. The van der Waals surface area contributed by atoms with Gasteiger partial charge in [-0.1, -0.05) is 24.6 Å². The summed E-state index contributed by atoms with van der Waals surface area (Å²) in [6.07, 6.45) is 0. The third-order valence-electron chi connectivity index (χ3n) is 2.87. The van der Waals surface area contributed by atoms with Crippen LogP contribution in [-0.2, 0) is 4.79 Å². The van der Waals surface area contributed by atoms with E-state index in [0.717, 1.165) is 23.7 Å². The van der Waals surface area contributed by atoms with Crippen molar-refractivity contribution in [2.24, 2.45) is 0 Å². The van der Waals surface area contributed by atoms with Gasteiger partial charge in [0.25, 0.3) is 0 Å². The van der Waals surface area contributed by atoms with Gasteiger partial charge in [0.05, 0.1) is 0 Å². The van der Waals surface area contributed by atoms with Gasteiger partial charge in [0.15, 0.2) is 0 Å². The lowest BCUT2D eigenvalue weighted by atomic mass is 10.2. The number of benzene rings is 1. The largest absolute Gasteiger partial charge is 0.480 e. The van der Waals surface area contributed by atoms with Crippen LogP contribution >= 0.6 is 11.8 Å². The van der Waals surface area contributed by atoms with E-state index in [1.54, 1.807) is 6.92 Å². The zero-order valence-corrected chi connectivity index (χ0v) is 12.0. The van der Waals surface area contributed by atoms with Crippen LogP contribution < -0.4 is 4.90 Å². The summed E-state index contributed by atoms with van der Waals surface area (Å²) in [5.41, 5.74) is 2.16. The molecule has 0 aliphatic carbocycles. The molecule has 0 bridgehead atoms. The van der Waals surface area contributed by atoms with Crippen LogP contribution in [0.1, 0.15) is 19.4 Å². The van der Waals surface area contributed by atoms with Gasteiger partial charge < -0.3 is 10.0 Å². The highest BCUT2D eigenvalue weighted by molar-refractivity contribution is 7.99. The average Bonchev–Trinajstić information content (AvgIpc) is 2.35. The maximum absolute atomic E-state index is 11.2. The van der Waals surface area contributed by atoms with Crippen LogP contribution in [0.15, 0.2) is 24.3 Å². The molecule has 0 amide bonds. The van der Waals surface area contributed by atoms with Crippen molar-refractivity contribution in [3.8, 4) is 0 Å². The van der Waals surface area contributed by atoms with Gasteiger partial charge in [0, 0.05) is 18.0 Å². The van der Waals surface area contributed by atoms with E-state index < -0.39 is 12.0 Å². The molecule has 1 aromatic carbocycles. The SMILES string of the molecule is CCSCCN(c1ccc(C)cc1)[C@@H](C)C(=O)O. The number of thioether (sulfide) groups is 1. The molecule has 0 saturated carbocycles. The van der Waals surface area contributed by atoms with E-state index >= 15 is 0 Å². The Hall–Kier alpha value is -1.16. The highest BCUT2D eigenvalue weighted by Crippen LogP contribution is 2.18. The van der Waals surface area contributed by atoms with Crippen molar-refractivity contribution in [2.75, 3.05) is 23.0 Å². The molecular weight excluding hydrogens is 246 g/mol. The molecular formula is C14H21NO2S. The van der Waals surface area contributed by atoms with Crippen molar-refractivity contribution < 1.29 is 9.90 Å². The van der Waals surface area contributed by atoms with Gasteiger partial charge in [-0.15, -0.1) is 0 Å². The second-order valence-electron chi connectivity index (χ2n) is 4.24. The molecule has 100 valence electrons. The normalized spacial score (nSPS) is 12.2. The molecule has 0 saturated heterocycles. The quantitative estimate of drug-likeness (QED) is 0.771. The molecule has 18 heavy (non-hydrogen) atoms. The summed E-state index contributed by atoms with van der Waals surface area (Å²) in [5.74, 6) is 1.22. The average molecular weight is 267 g/mol. The summed E-state index contributed by atoms with van der Waals surface area (Å²) in [5, 5.41) is 9.18. The highest BCUT2D eigenvalue weighted by Gasteiger charge is 2.20. The number of carbonyl (C=O) groups is 1. The fourth-order valence-electron chi connectivity index (χ4n) is 1.72. The molecule has 0 aromatic heterocycles. The smallest absolute Gasteiger partial charge is 0.326 e. The second kappa shape index (κ2) is 7.31. The predicted octanol–water partition coefficient (Wildman–Crippen LogP) is 3.03. The van der Waals surface area contributed by atoms with E-state index in [1.807, 2.05) is 47.9 Å². The summed E-state index contributed by atoms with van der Waals surface area (Å²) in [6.45, 7) is 6.64. The molecule has 3 nitrogen and oxygen atoms in total. The van der Waals surface area contributed by atoms with E-state index in [0.29, 0.717) is 0 Å². The minimum Gasteiger partial charge on any atom is -0.480 e. The Bertz CT molecular complexity index is 378. The Labute approximate surface area is 113 Å². The van der Waals surface area contributed by atoms with Crippen LogP contribution in [0.5, 0.6) is 0 Å². The van der Waals surface area contributed by atoms with Crippen molar-refractivity contribution in [1.82, 2.24) is 0 Å². The third kappa shape index (κ3) is 4.26. The highest BCUT2D eigenvalue weighted by atomic mass is 32.2. The number of hydrogen-bond donors (Lipinski definition) is 1. The first-order chi connectivity index (χ1) is 8.56. The minimum absolute atomic E-state index is 0.495. The van der Waals surface area contributed by atoms with Crippen molar-refractivity contribution in [1.29, 1.82) is 0 Å². The lowest BCUT2D eigenvalue weighted by molar-refractivity contribution is -0.138. The topological polar surface area (TPSA) is 40.5 Å². The molecule has 1 rings (SSSR count). The molecule has 1 aromatic rings. The first-order valence-corrected chi connectivity index (χ1v) is 7.35. The summed E-state index contributed by atoms with van der Waals surface area (Å²) in [4.78, 5) is 13.1. The number of nitrogens with zero attached hydrogens (tertiary/aromatic N) is 1. The maximum atomic E-state index is 11.2. The monoisotopic (exact) mass is 267 g/mol. The third-order valence-corrected chi connectivity index (χ3v) is 3.75. The maximum Gasteiger partial charge on any atom is 0.326 e. The fraction of sp³-hybridized carbons (Fsp3) is 0.500. The Morgan fingerprint density at radius 2 is 2.00 bits per heavy atom. The Kier molecular flexibility index (Phi) is 6.05. The zero-order chi connectivity index (χ0) is 13.5. The van der Waals surface area contributed by atoms with Crippen LogP contribution in [-0.4, -0.2) is 35.2 Å². The standard InChI is InChI=1S/C14H21NO2S/c1-4-18-10-9-15(12(3)14(16)17)13-7-5-11(2)6-8-13/h5-8,12H,4,9-10H2,1-3H3,(H,16,17)/t12-/m0/s1. The van der Waals surface area contributed by atoms with Crippen LogP contribution in [0.2, 0.25) is 0 Å². The predicted molar refractivity (Wildman–Crippen MR) is 78.6 cm³/mol. The number of anilines is 1. The van der Waals surface area contributed by atoms with Crippen LogP contribution in [0.25, 0.3) is 0 Å². The summed E-state index contributed by atoms with van der Waals surface area (Å²) in [6, 6.07) is 7.52. The molecule has 0 aliphatic heterocycles. The molecule has 0 fully saturated rings. The summed E-state index contributed by atoms with van der Waals surface area (Å²) >= 11 is 1.83. The molecule has 0 aliphatic rings. The van der Waals surface area contributed by atoms with Gasteiger partial charge in [-0.3, -0.25) is 0 Å². The molecule has 1 atom stereocenters. The van der Waals surface area contributed by atoms with E-state index in [-0.39, 0.29) is 0 Å². The number of carboxylic acid groups (broad SMARTS) is 1. The first kappa shape index (κ1) is 14.9. The van der Waals surface area contributed by atoms with E-state index in [2.05, 4.69) is 6.92 Å². The van der Waals surface area contributed by atoms with E-state index in [4.69, 9.17) is 0 Å². The second-order valence-corrected chi connectivity index (χ2v) is 5.63. The van der Waals surface area contributed by atoms with Gasteiger partial charge in [0.1, 0.15) is 6.04 Å². The number of aliphatic carboxylic acids is 1. The Morgan fingerprint density at radius 3 is 2.50 bits per heavy atom. The lowest BCUT2D eigenvalue weighted by Gasteiger charge is -2.28. The molecule has 0 spiro atoms. The fourth-order valence-corrected chi connectivity index (χ4v) is 2.34. The number of hydrogen-bond acceptors (Lipinski definition) is 3. The van der Waals surface area contributed by atoms with Gasteiger partial charge >= 0.3 is 5.97 Å². The van der Waals surface area contributed by atoms with E-state index in [1.165, 1.54) is 5.56 Å². The van der Waals surface area contributed by atoms with Crippen molar-refractivity contribution >= 4 is 23.4 Å². The Morgan fingerprint density at radius 1 is 1.39 bits per heavy atom. The number of rotatable bonds is 7. The number of aryl methyl sites for hydroxylation is 1. The summed E-state index contributed by atoms with van der Waals surface area (Å²) < 4.78 is 0. The van der Waals surface area contributed by atoms with Crippen molar-refractivity contribution in [3.63, 3.8) is 0 Å². The molecule has 0 unspecified atom stereocenters. The van der Waals surface area contributed by atoms with Gasteiger partial charge in [0.2, 0.25) is 0 Å². The minimum atomic E-state index is -0.780. The molecule has 0 radical (unpaired) electrons. The van der Waals surface area contributed by atoms with Crippen LogP contribution in [0.3, 0.4) is 0 Å². The zero-order valence-electron chi connectivity index (χ0n) is 11.2. The molecule has 0 heterocycles. The molecule has 4 heteroatoms. The van der Waals surface area contributed by atoms with Crippen molar-refractivity contribution in [2.45, 2.75) is 26.8 Å². The van der Waals surface area contributed by atoms with Crippen LogP contribution in [0, 0.1) is 6.92 Å². The van der Waals surface area contributed by atoms with Crippen molar-refractivity contribution in [3.05, 3.63) is 29.8 Å². The van der Waals surface area contributed by atoms with E-state index in [9.17, 15) is 9.90 Å². The van der Waals surface area contributed by atoms with Gasteiger partial charge in [-0.2, -0.15) is 11.8 Å². The van der Waals surface area contributed by atoms with Gasteiger partial charge in [-0.05, 0) is 31.7 Å². The summed E-state index contributed by atoms with van der Waals surface area (Å²) in [7, 11) is 0. The number of carboxylic acids is 1. The molecule has 1 N–H and O–H groups in total. The first-order valence-electron chi connectivity index (χ1n) is 6.20. The Balaban J connectivity index is 2.82. The van der Waals surface area contributed by atoms with Crippen LogP contribution in [0.4, 0.5) is 5.69 Å².